The van der Waals surface area contributed by atoms with Crippen LogP contribution >= 0.6 is 0 Å². The van der Waals surface area contributed by atoms with Gasteiger partial charge in [-0.25, -0.2) is 0 Å². The molecule has 0 saturated heterocycles. The Kier molecular flexibility index (Phi) is 4.11. The molecule has 6 heteroatoms. The maximum absolute atomic E-state index is 11.9. The standard InChI is InChI=1S/C12H20N4O2/c1-7-10(8(2)16-15-7)11(18)13-6-9(17)14-12(3,4)5/h6H2,1-5H3,(H,13,18)(H,14,17)(H,15,16). The van der Waals surface area contributed by atoms with Crippen molar-refractivity contribution in [2.45, 2.75) is 40.2 Å². The van der Waals surface area contributed by atoms with Gasteiger partial charge in [0.2, 0.25) is 5.91 Å². The molecule has 0 aliphatic carbocycles. The Hall–Kier alpha value is -1.85. The molecule has 0 fully saturated rings. The highest BCUT2D eigenvalue weighted by atomic mass is 16.2. The predicted molar refractivity (Wildman–Crippen MR) is 68.3 cm³/mol. The highest BCUT2D eigenvalue weighted by Gasteiger charge is 2.17. The van der Waals surface area contributed by atoms with Gasteiger partial charge in [0.15, 0.2) is 0 Å². The summed E-state index contributed by atoms with van der Waals surface area (Å²) in [7, 11) is 0. The second-order valence-corrected chi connectivity index (χ2v) is 5.29. The van der Waals surface area contributed by atoms with Crippen molar-refractivity contribution in [2.75, 3.05) is 6.54 Å². The lowest BCUT2D eigenvalue weighted by Crippen LogP contribution is -2.45. The van der Waals surface area contributed by atoms with E-state index in [1.165, 1.54) is 0 Å². The Morgan fingerprint density at radius 2 is 1.89 bits per heavy atom. The van der Waals surface area contributed by atoms with Crippen LogP contribution in [0.2, 0.25) is 0 Å². The minimum Gasteiger partial charge on any atom is -0.350 e. The zero-order chi connectivity index (χ0) is 13.9. The number of carbonyl (C=O) groups is 2. The Morgan fingerprint density at radius 3 is 2.33 bits per heavy atom. The van der Waals surface area contributed by atoms with Gasteiger partial charge >= 0.3 is 0 Å². The van der Waals surface area contributed by atoms with Crippen molar-refractivity contribution in [1.82, 2.24) is 20.8 Å². The first-order chi connectivity index (χ1) is 8.20. The molecule has 18 heavy (non-hydrogen) atoms. The molecule has 100 valence electrons. The molecule has 6 nitrogen and oxygen atoms in total. The molecule has 2 amide bonds. The second kappa shape index (κ2) is 5.20. The number of hydrogen-bond donors (Lipinski definition) is 3. The molecular formula is C12H20N4O2. The fourth-order valence-corrected chi connectivity index (χ4v) is 1.60. The van der Waals surface area contributed by atoms with E-state index in [0.717, 1.165) is 0 Å². The van der Waals surface area contributed by atoms with Gasteiger partial charge in [-0.15, -0.1) is 0 Å². The number of nitrogens with zero attached hydrogens (tertiary/aromatic N) is 1. The highest BCUT2D eigenvalue weighted by molar-refractivity contribution is 5.98. The zero-order valence-corrected chi connectivity index (χ0v) is 11.5. The Labute approximate surface area is 107 Å². The number of hydrogen-bond acceptors (Lipinski definition) is 3. The van der Waals surface area contributed by atoms with E-state index < -0.39 is 0 Å². The van der Waals surface area contributed by atoms with Crippen LogP contribution in [0, 0.1) is 13.8 Å². The van der Waals surface area contributed by atoms with Crippen molar-refractivity contribution in [3.8, 4) is 0 Å². The summed E-state index contributed by atoms with van der Waals surface area (Å²) in [6.45, 7) is 9.13. The number of aromatic amines is 1. The zero-order valence-electron chi connectivity index (χ0n) is 11.5. The van der Waals surface area contributed by atoms with Crippen molar-refractivity contribution < 1.29 is 9.59 Å². The first-order valence-corrected chi connectivity index (χ1v) is 5.81. The Morgan fingerprint density at radius 1 is 1.28 bits per heavy atom. The molecule has 0 aliphatic heterocycles. The minimum atomic E-state index is -0.302. The maximum atomic E-state index is 11.9. The van der Waals surface area contributed by atoms with Crippen LogP contribution in [0.25, 0.3) is 0 Å². The first-order valence-electron chi connectivity index (χ1n) is 5.81. The van der Waals surface area contributed by atoms with Gasteiger partial charge < -0.3 is 10.6 Å². The molecule has 0 aromatic carbocycles. The summed E-state index contributed by atoms with van der Waals surface area (Å²) in [5.41, 5.74) is 1.52. The topological polar surface area (TPSA) is 86.9 Å². The molecule has 1 heterocycles. The van der Waals surface area contributed by atoms with Crippen LogP contribution in [0.3, 0.4) is 0 Å². The summed E-state index contributed by atoms with van der Waals surface area (Å²) in [6.07, 6.45) is 0. The number of nitrogens with one attached hydrogen (secondary N) is 3. The molecule has 1 aromatic heterocycles. The van der Waals surface area contributed by atoms with E-state index in [-0.39, 0.29) is 23.9 Å². The first kappa shape index (κ1) is 14.2. The van der Waals surface area contributed by atoms with Gasteiger partial charge in [0.25, 0.3) is 5.91 Å². The van der Waals surface area contributed by atoms with E-state index in [2.05, 4.69) is 20.8 Å². The van der Waals surface area contributed by atoms with Crippen molar-refractivity contribution in [2.24, 2.45) is 0 Å². The molecule has 3 N–H and O–H groups in total. The number of rotatable bonds is 3. The van der Waals surface area contributed by atoms with Crippen molar-refractivity contribution in [3.05, 3.63) is 17.0 Å². The number of aryl methyl sites for hydroxylation is 2. The predicted octanol–water partition coefficient (Wildman–Crippen LogP) is 0.671. The summed E-state index contributed by atoms with van der Waals surface area (Å²) >= 11 is 0. The SMILES string of the molecule is Cc1n[nH]c(C)c1C(=O)NCC(=O)NC(C)(C)C. The molecule has 0 bridgehead atoms. The Bertz CT molecular complexity index is 438. The second-order valence-electron chi connectivity index (χ2n) is 5.29. The maximum Gasteiger partial charge on any atom is 0.255 e. The monoisotopic (exact) mass is 252 g/mol. The number of H-pyrrole nitrogens is 1. The lowest BCUT2D eigenvalue weighted by molar-refractivity contribution is -0.121. The van der Waals surface area contributed by atoms with E-state index in [0.29, 0.717) is 17.0 Å². The smallest absolute Gasteiger partial charge is 0.255 e. The quantitative estimate of drug-likeness (QED) is 0.739. The molecular weight excluding hydrogens is 232 g/mol. The van der Waals surface area contributed by atoms with Gasteiger partial charge in [-0.1, -0.05) is 0 Å². The van der Waals surface area contributed by atoms with E-state index in [1.807, 2.05) is 20.8 Å². The molecule has 0 unspecified atom stereocenters. The average Bonchev–Trinajstić information content (AvgIpc) is 2.53. The molecule has 1 aromatic rings. The summed E-state index contributed by atoms with van der Waals surface area (Å²) < 4.78 is 0. The summed E-state index contributed by atoms with van der Waals surface area (Å²) in [5, 5.41) is 12.0. The highest BCUT2D eigenvalue weighted by Crippen LogP contribution is 2.08. The summed E-state index contributed by atoms with van der Waals surface area (Å²) in [6, 6.07) is 0. The molecule has 1 rings (SSSR count). The van der Waals surface area contributed by atoms with E-state index in [4.69, 9.17) is 0 Å². The van der Waals surface area contributed by atoms with Crippen LogP contribution in [-0.4, -0.2) is 34.1 Å². The molecule has 0 saturated carbocycles. The number of amides is 2. The minimum absolute atomic E-state index is 0.0415. The van der Waals surface area contributed by atoms with Crippen LogP contribution in [0.1, 0.15) is 42.5 Å². The van der Waals surface area contributed by atoms with E-state index in [9.17, 15) is 9.59 Å². The van der Waals surface area contributed by atoms with Crippen LogP contribution in [0.15, 0.2) is 0 Å². The van der Waals surface area contributed by atoms with Gasteiger partial charge in [0.05, 0.1) is 17.8 Å². The molecule has 0 atom stereocenters. The van der Waals surface area contributed by atoms with Gasteiger partial charge in [-0.2, -0.15) is 5.10 Å². The fraction of sp³-hybridized carbons (Fsp3) is 0.583. The van der Waals surface area contributed by atoms with Gasteiger partial charge in [0.1, 0.15) is 0 Å². The normalized spacial score (nSPS) is 11.2. The van der Waals surface area contributed by atoms with Crippen LogP contribution < -0.4 is 10.6 Å². The van der Waals surface area contributed by atoms with Crippen LogP contribution in [-0.2, 0) is 4.79 Å². The lowest BCUT2D eigenvalue weighted by Gasteiger charge is -2.20. The molecule has 0 radical (unpaired) electrons. The third-order valence-electron chi connectivity index (χ3n) is 2.28. The van der Waals surface area contributed by atoms with Gasteiger partial charge in [0, 0.05) is 11.2 Å². The van der Waals surface area contributed by atoms with Crippen LogP contribution in [0.4, 0.5) is 0 Å². The summed E-state index contributed by atoms with van der Waals surface area (Å²) in [4.78, 5) is 23.4. The molecule has 0 spiro atoms. The third kappa shape index (κ3) is 3.87. The van der Waals surface area contributed by atoms with Crippen molar-refractivity contribution in [3.63, 3.8) is 0 Å². The number of carbonyl (C=O) groups excluding carboxylic acids is 2. The van der Waals surface area contributed by atoms with Crippen molar-refractivity contribution in [1.29, 1.82) is 0 Å². The third-order valence-corrected chi connectivity index (χ3v) is 2.28. The van der Waals surface area contributed by atoms with Gasteiger partial charge in [-0.05, 0) is 34.6 Å². The Balaban J connectivity index is 2.55. The van der Waals surface area contributed by atoms with Crippen LogP contribution in [0.5, 0.6) is 0 Å². The van der Waals surface area contributed by atoms with Gasteiger partial charge in [-0.3, -0.25) is 14.7 Å². The fourth-order valence-electron chi connectivity index (χ4n) is 1.60. The number of aromatic nitrogens is 2. The van der Waals surface area contributed by atoms with E-state index >= 15 is 0 Å². The summed E-state index contributed by atoms with van der Waals surface area (Å²) in [5.74, 6) is -0.502. The van der Waals surface area contributed by atoms with E-state index in [1.54, 1.807) is 13.8 Å². The van der Waals surface area contributed by atoms with Crippen molar-refractivity contribution >= 4 is 11.8 Å². The largest absolute Gasteiger partial charge is 0.350 e. The average molecular weight is 252 g/mol. The molecule has 0 aliphatic rings. The lowest BCUT2D eigenvalue weighted by atomic mass is 10.1.